The first kappa shape index (κ1) is 15.3. The van der Waals surface area contributed by atoms with Gasteiger partial charge in [-0.1, -0.05) is 0 Å². The summed E-state index contributed by atoms with van der Waals surface area (Å²) in [5, 5.41) is 9.11. The molecule has 4 N–H and O–H groups in total. The molecule has 0 bridgehead atoms. The highest BCUT2D eigenvalue weighted by Crippen LogP contribution is 2.41. The third-order valence-electron chi connectivity index (χ3n) is 4.14. The Balaban J connectivity index is 1.74. The minimum atomic E-state index is 0.0625. The Bertz CT molecular complexity index is 939. The lowest BCUT2D eigenvalue weighted by Crippen LogP contribution is -2.26. The zero-order valence-electron chi connectivity index (χ0n) is 13.5. The largest absolute Gasteiger partial charge is 0.395 e. The molecule has 4 rings (SSSR count). The van der Waals surface area contributed by atoms with Gasteiger partial charge in [0.2, 0.25) is 0 Å². The van der Waals surface area contributed by atoms with E-state index in [1.54, 1.807) is 12.7 Å². The summed E-state index contributed by atoms with van der Waals surface area (Å²) in [6, 6.07) is 2.14. The molecular formula is C16H18N8O. The Morgan fingerprint density at radius 1 is 1.32 bits per heavy atom. The second-order valence-electron chi connectivity index (χ2n) is 6.18. The Kier molecular flexibility index (Phi) is 3.69. The lowest BCUT2D eigenvalue weighted by atomic mass is 10.2. The first-order chi connectivity index (χ1) is 12.1. The fourth-order valence-electron chi connectivity index (χ4n) is 2.84. The molecule has 0 radical (unpaired) electrons. The molecule has 0 unspecified atom stereocenters. The second-order valence-corrected chi connectivity index (χ2v) is 6.18. The molecule has 9 heteroatoms. The first-order valence-electron chi connectivity index (χ1n) is 7.94. The molecule has 1 aliphatic rings. The molecule has 128 valence electrons. The van der Waals surface area contributed by atoms with Gasteiger partial charge in [0.25, 0.3) is 0 Å². The number of nitrogens with zero attached hydrogens (tertiary/aromatic N) is 6. The normalized spacial score (nSPS) is 14.8. The van der Waals surface area contributed by atoms with Crippen LogP contribution in [-0.4, -0.2) is 35.4 Å². The van der Waals surface area contributed by atoms with Crippen molar-refractivity contribution in [3.8, 4) is 5.69 Å². The minimum absolute atomic E-state index is 0.0625. The lowest BCUT2D eigenvalue weighted by molar-refractivity contribution is -0.105. The number of pyridine rings is 1. The van der Waals surface area contributed by atoms with Crippen molar-refractivity contribution in [2.24, 2.45) is 11.6 Å². The predicted molar refractivity (Wildman–Crippen MR) is 90.1 cm³/mol. The van der Waals surface area contributed by atoms with Gasteiger partial charge < -0.3 is 15.1 Å². The summed E-state index contributed by atoms with van der Waals surface area (Å²) >= 11 is 0. The van der Waals surface area contributed by atoms with Gasteiger partial charge in [-0.05, 0) is 30.4 Å². The first-order valence-corrected chi connectivity index (χ1v) is 7.94. The van der Waals surface area contributed by atoms with Crippen molar-refractivity contribution in [1.29, 1.82) is 0 Å². The molecule has 3 aromatic heterocycles. The molecule has 0 aromatic carbocycles. The SMILES string of the molecule is N/C(C=O)=C\N(N)Cc1cn2cc(C3CC3)cc(-n3cnnc3)c2n1. The molecule has 1 aliphatic carbocycles. The predicted octanol–water partition coefficient (Wildman–Crippen LogP) is 0.467. The number of hydrogen-bond donors (Lipinski definition) is 2. The molecule has 0 aliphatic heterocycles. The minimum Gasteiger partial charge on any atom is -0.395 e. The Morgan fingerprint density at radius 2 is 2.08 bits per heavy atom. The number of carbonyl (C=O) groups excluding carboxylic acids is 1. The maximum absolute atomic E-state index is 10.6. The van der Waals surface area contributed by atoms with Crippen molar-refractivity contribution in [1.82, 2.24) is 29.2 Å². The molecule has 0 atom stereocenters. The number of fused-ring (bicyclic) bond motifs is 1. The monoisotopic (exact) mass is 338 g/mol. The van der Waals surface area contributed by atoms with E-state index in [1.165, 1.54) is 29.6 Å². The van der Waals surface area contributed by atoms with Crippen LogP contribution >= 0.6 is 0 Å². The fraction of sp³-hybridized carbons (Fsp3) is 0.250. The van der Waals surface area contributed by atoms with Crippen LogP contribution in [0.2, 0.25) is 0 Å². The Labute approximate surface area is 143 Å². The number of aldehydes is 1. The standard InChI is InChI=1S/C16H18N8O/c17-13(8-25)5-24(18)7-14-6-22-4-12(11-1-2-11)3-15(16(22)21-14)23-9-19-20-10-23/h3-6,8-11H,1-2,7,17-18H2/b13-5-. The van der Waals surface area contributed by atoms with E-state index in [9.17, 15) is 4.79 Å². The van der Waals surface area contributed by atoms with Crippen molar-refractivity contribution >= 4 is 11.9 Å². The number of aromatic nitrogens is 5. The van der Waals surface area contributed by atoms with Crippen molar-refractivity contribution in [3.05, 3.63) is 54.3 Å². The molecule has 0 saturated heterocycles. The number of allylic oxidation sites excluding steroid dienone is 1. The van der Waals surface area contributed by atoms with Gasteiger partial charge in [0, 0.05) is 18.6 Å². The van der Waals surface area contributed by atoms with Gasteiger partial charge in [-0.15, -0.1) is 10.2 Å². The van der Waals surface area contributed by atoms with Crippen LogP contribution in [0.4, 0.5) is 0 Å². The molecule has 3 aromatic rings. The van der Waals surface area contributed by atoms with Crippen LogP contribution in [0.15, 0.2) is 43.0 Å². The van der Waals surface area contributed by atoms with Gasteiger partial charge in [0.05, 0.1) is 23.6 Å². The van der Waals surface area contributed by atoms with Gasteiger partial charge >= 0.3 is 0 Å². The number of hydrogen-bond acceptors (Lipinski definition) is 7. The summed E-state index contributed by atoms with van der Waals surface area (Å²) in [7, 11) is 0. The van der Waals surface area contributed by atoms with Gasteiger partial charge in [-0.3, -0.25) is 9.36 Å². The highest BCUT2D eigenvalue weighted by atomic mass is 16.1. The average molecular weight is 338 g/mol. The van der Waals surface area contributed by atoms with Crippen molar-refractivity contribution in [2.75, 3.05) is 0 Å². The fourth-order valence-corrected chi connectivity index (χ4v) is 2.84. The number of rotatable bonds is 6. The second kappa shape index (κ2) is 6.02. The highest BCUT2D eigenvalue weighted by Gasteiger charge is 2.25. The molecule has 25 heavy (non-hydrogen) atoms. The number of hydrazine groups is 1. The number of nitrogens with two attached hydrogens (primary N) is 2. The zero-order valence-corrected chi connectivity index (χ0v) is 13.5. The quantitative estimate of drug-likeness (QED) is 0.290. The maximum atomic E-state index is 10.6. The summed E-state index contributed by atoms with van der Waals surface area (Å²) in [4.78, 5) is 15.3. The van der Waals surface area contributed by atoms with Crippen LogP contribution in [0.1, 0.15) is 30.0 Å². The van der Waals surface area contributed by atoms with E-state index in [0.717, 1.165) is 17.0 Å². The van der Waals surface area contributed by atoms with E-state index in [1.807, 2.05) is 15.2 Å². The summed E-state index contributed by atoms with van der Waals surface area (Å²) < 4.78 is 3.85. The summed E-state index contributed by atoms with van der Waals surface area (Å²) in [5.74, 6) is 6.47. The van der Waals surface area contributed by atoms with E-state index in [2.05, 4.69) is 27.4 Å². The molecule has 0 amide bonds. The summed E-state index contributed by atoms with van der Waals surface area (Å²) in [6.07, 6.45) is 11.7. The van der Waals surface area contributed by atoms with Crippen LogP contribution in [0.3, 0.4) is 0 Å². The van der Waals surface area contributed by atoms with Crippen LogP contribution < -0.4 is 11.6 Å². The molecule has 0 spiro atoms. The van der Waals surface area contributed by atoms with Crippen LogP contribution in [0, 0.1) is 0 Å². The third-order valence-corrected chi connectivity index (χ3v) is 4.14. The summed E-state index contributed by atoms with van der Waals surface area (Å²) in [6.45, 7) is 0.330. The third kappa shape index (κ3) is 3.09. The molecule has 9 nitrogen and oxygen atoms in total. The van der Waals surface area contributed by atoms with Crippen molar-refractivity contribution < 1.29 is 4.79 Å². The smallest absolute Gasteiger partial charge is 0.167 e. The van der Waals surface area contributed by atoms with E-state index in [-0.39, 0.29) is 5.70 Å². The summed E-state index contributed by atoms with van der Waals surface area (Å²) in [5.41, 5.74) is 9.29. The molecular weight excluding hydrogens is 320 g/mol. The van der Waals surface area contributed by atoms with Gasteiger partial charge in [0.1, 0.15) is 12.7 Å². The molecule has 1 fully saturated rings. The Hall–Kier alpha value is -3.20. The number of carbonyl (C=O) groups is 1. The van der Waals surface area contributed by atoms with E-state index >= 15 is 0 Å². The van der Waals surface area contributed by atoms with Gasteiger partial charge in [-0.25, -0.2) is 10.8 Å². The van der Waals surface area contributed by atoms with Gasteiger partial charge in [0.15, 0.2) is 11.9 Å². The topological polar surface area (TPSA) is 120 Å². The lowest BCUT2D eigenvalue weighted by Gasteiger charge is -2.11. The highest BCUT2D eigenvalue weighted by molar-refractivity contribution is 5.71. The van der Waals surface area contributed by atoms with Crippen molar-refractivity contribution in [3.63, 3.8) is 0 Å². The average Bonchev–Trinajstić information content (AvgIpc) is 3.14. The molecule has 3 heterocycles. The molecule has 1 saturated carbocycles. The van der Waals surface area contributed by atoms with Crippen molar-refractivity contribution in [2.45, 2.75) is 25.3 Å². The van der Waals surface area contributed by atoms with Crippen LogP contribution in [0.25, 0.3) is 11.3 Å². The Morgan fingerprint density at radius 3 is 2.76 bits per heavy atom. The van der Waals surface area contributed by atoms with Crippen LogP contribution in [-0.2, 0) is 11.3 Å². The maximum Gasteiger partial charge on any atom is 0.167 e. The van der Waals surface area contributed by atoms with E-state index in [0.29, 0.717) is 18.7 Å². The van der Waals surface area contributed by atoms with Crippen LogP contribution in [0.5, 0.6) is 0 Å². The zero-order chi connectivity index (χ0) is 17.4. The van der Waals surface area contributed by atoms with Gasteiger partial charge in [-0.2, -0.15) is 0 Å². The van der Waals surface area contributed by atoms with E-state index < -0.39 is 0 Å². The number of imidazole rings is 1. The van der Waals surface area contributed by atoms with E-state index in [4.69, 9.17) is 11.6 Å².